The maximum absolute atomic E-state index is 11.6. The molecular weight excluding hydrogens is 356 g/mol. The van der Waals surface area contributed by atoms with E-state index in [9.17, 15) is 19.5 Å². The summed E-state index contributed by atoms with van der Waals surface area (Å²) in [4.78, 5) is 33.8. The van der Waals surface area contributed by atoms with Gasteiger partial charge in [-0.3, -0.25) is 9.59 Å². The highest BCUT2D eigenvalue weighted by molar-refractivity contribution is 5.81. The van der Waals surface area contributed by atoms with Crippen LogP contribution in [0.5, 0.6) is 0 Å². The van der Waals surface area contributed by atoms with Crippen LogP contribution in [-0.4, -0.2) is 62.2 Å². The van der Waals surface area contributed by atoms with Gasteiger partial charge < -0.3 is 24.1 Å². The molecule has 0 saturated carbocycles. The van der Waals surface area contributed by atoms with Crippen molar-refractivity contribution in [2.24, 2.45) is 5.92 Å². The highest BCUT2D eigenvalue weighted by Crippen LogP contribution is 2.06. The third-order valence-corrected chi connectivity index (χ3v) is 3.67. The van der Waals surface area contributed by atoms with Gasteiger partial charge in [0.25, 0.3) is 0 Å². The normalized spacial score (nSPS) is 12.7. The summed E-state index contributed by atoms with van der Waals surface area (Å²) >= 11 is 0. The maximum Gasteiger partial charge on any atom is 0.330 e. The Labute approximate surface area is 160 Å². The fourth-order valence-corrected chi connectivity index (χ4v) is 1.82. The van der Waals surface area contributed by atoms with Crippen molar-refractivity contribution in [2.75, 3.05) is 33.0 Å². The Balaban J connectivity index is 3.53. The van der Waals surface area contributed by atoms with Crippen LogP contribution in [0.15, 0.2) is 12.7 Å². The summed E-state index contributed by atoms with van der Waals surface area (Å²) in [5.74, 6) is -1.21. The number of hydrogen-bond donors (Lipinski definition) is 1. The van der Waals surface area contributed by atoms with Crippen molar-refractivity contribution in [3.63, 3.8) is 0 Å². The Morgan fingerprint density at radius 2 is 1.74 bits per heavy atom. The summed E-state index contributed by atoms with van der Waals surface area (Å²) in [5.41, 5.74) is 0. The molecule has 0 rings (SSSR count). The Morgan fingerprint density at radius 3 is 2.41 bits per heavy atom. The molecule has 0 aromatic heterocycles. The Kier molecular flexibility index (Phi) is 15.1. The Morgan fingerprint density at radius 1 is 1.00 bits per heavy atom. The van der Waals surface area contributed by atoms with E-state index in [2.05, 4.69) is 6.58 Å². The van der Waals surface area contributed by atoms with E-state index in [4.69, 9.17) is 18.9 Å². The maximum atomic E-state index is 11.6. The van der Waals surface area contributed by atoms with Gasteiger partial charge in [-0.2, -0.15) is 0 Å². The molecule has 0 aromatic rings. The molecule has 27 heavy (non-hydrogen) atoms. The summed E-state index contributed by atoms with van der Waals surface area (Å²) in [6, 6.07) is 0. The lowest BCUT2D eigenvalue weighted by atomic mass is 10.1. The first kappa shape index (κ1) is 25.1. The second-order valence-corrected chi connectivity index (χ2v) is 6.07. The average Bonchev–Trinajstić information content (AvgIpc) is 2.67. The standard InChI is InChI=1S/C19H32O8/c1-4-15(3)19(23)26-10-8-6-7-9-18(22)27-14-16(20)13-24-11-12-25-17(21)5-2/h5,15-16,20H,2,4,6-14H2,1,3H3. The van der Waals surface area contributed by atoms with E-state index >= 15 is 0 Å². The third kappa shape index (κ3) is 14.9. The fourth-order valence-electron chi connectivity index (χ4n) is 1.82. The van der Waals surface area contributed by atoms with Crippen LogP contribution < -0.4 is 0 Å². The molecule has 0 spiro atoms. The van der Waals surface area contributed by atoms with Crippen molar-refractivity contribution in [3.05, 3.63) is 12.7 Å². The first-order valence-corrected chi connectivity index (χ1v) is 9.27. The van der Waals surface area contributed by atoms with Crippen molar-refractivity contribution < 1.29 is 38.4 Å². The van der Waals surface area contributed by atoms with Crippen LogP contribution in [0.2, 0.25) is 0 Å². The molecular formula is C19H32O8. The molecule has 0 amide bonds. The molecule has 2 unspecified atom stereocenters. The van der Waals surface area contributed by atoms with Gasteiger partial charge in [0.15, 0.2) is 0 Å². The summed E-state index contributed by atoms with van der Waals surface area (Å²) in [5, 5.41) is 9.64. The molecule has 0 radical (unpaired) electrons. The highest BCUT2D eigenvalue weighted by atomic mass is 16.6. The van der Waals surface area contributed by atoms with Gasteiger partial charge in [0.05, 0.1) is 25.7 Å². The fraction of sp³-hybridized carbons (Fsp3) is 0.737. The second kappa shape index (κ2) is 16.3. The lowest BCUT2D eigenvalue weighted by Crippen LogP contribution is -2.24. The van der Waals surface area contributed by atoms with Gasteiger partial charge >= 0.3 is 17.9 Å². The topological polar surface area (TPSA) is 108 Å². The molecule has 8 heteroatoms. The number of aliphatic hydroxyl groups excluding tert-OH is 1. The molecule has 2 atom stereocenters. The van der Waals surface area contributed by atoms with Crippen LogP contribution in [0, 0.1) is 5.92 Å². The van der Waals surface area contributed by atoms with Crippen LogP contribution in [0.3, 0.4) is 0 Å². The molecule has 0 fully saturated rings. The molecule has 0 saturated heterocycles. The first-order valence-electron chi connectivity index (χ1n) is 9.27. The molecule has 0 bridgehead atoms. The van der Waals surface area contributed by atoms with Crippen molar-refractivity contribution in [1.29, 1.82) is 0 Å². The van der Waals surface area contributed by atoms with Crippen LogP contribution in [0.4, 0.5) is 0 Å². The quantitative estimate of drug-likeness (QED) is 0.184. The summed E-state index contributed by atoms with van der Waals surface area (Å²) in [6.07, 6.45) is 3.17. The Hall–Kier alpha value is -1.93. The summed E-state index contributed by atoms with van der Waals surface area (Å²) in [6.45, 7) is 7.38. The second-order valence-electron chi connectivity index (χ2n) is 6.07. The van der Waals surface area contributed by atoms with Crippen LogP contribution in [0.25, 0.3) is 0 Å². The average molecular weight is 388 g/mol. The van der Waals surface area contributed by atoms with Gasteiger partial charge in [-0.05, 0) is 25.7 Å². The van der Waals surface area contributed by atoms with E-state index < -0.39 is 18.0 Å². The monoisotopic (exact) mass is 388 g/mol. The minimum atomic E-state index is -0.941. The van der Waals surface area contributed by atoms with Crippen molar-refractivity contribution >= 4 is 17.9 Å². The Bertz CT molecular complexity index is 449. The van der Waals surface area contributed by atoms with Gasteiger partial charge in [0.1, 0.15) is 19.3 Å². The third-order valence-electron chi connectivity index (χ3n) is 3.67. The molecule has 0 aromatic carbocycles. The molecule has 8 nitrogen and oxygen atoms in total. The van der Waals surface area contributed by atoms with Gasteiger partial charge in [0, 0.05) is 12.5 Å². The lowest BCUT2D eigenvalue weighted by molar-refractivity contribution is -0.149. The van der Waals surface area contributed by atoms with Crippen LogP contribution in [0.1, 0.15) is 46.0 Å². The van der Waals surface area contributed by atoms with E-state index in [0.717, 1.165) is 18.9 Å². The number of ether oxygens (including phenoxy) is 4. The molecule has 156 valence electrons. The highest BCUT2D eigenvalue weighted by Gasteiger charge is 2.12. The van der Waals surface area contributed by atoms with E-state index in [0.29, 0.717) is 19.4 Å². The number of carbonyl (C=O) groups is 3. The zero-order chi connectivity index (χ0) is 20.5. The van der Waals surface area contributed by atoms with E-state index in [1.54, 1.807) is 0 Å². The minimum absolute atomic E-state index is 0.0273. The zero-order valence-electron chi connectivity index (χ0n) is 16.3. The number of rotatable bonds is 16. The lowest BCUT2D eigenvalue weighted by Gasteiger charge is -2.12. The van der Waals surface area contributed by atoms with Crippen LogP contribution in [-0.2, 0) is 33.3 Å². The minimum Gasteiger partial charge on any atom is -0.465 e. The molecule has 0 heterocycles. The SMILES string of the molecule is C=CC(=O)OCCOCC(O)COC(=O)CCCCCOC(=O)C(C)CC. The van der Waals surface area contributed by atoms with E-state index in [-0.39, 0.29) is 44.7 Å². The van der Waals surface area contributed by atoms with E-state index in [1.807, 2.05) is 13.8 Å². The number of carbonyl (C=O) groups excluding carboxylic acids is 3. The molecule has 0 aliphatic rings. The van der Waals surface area contributed by atoms with Gasteiger partial charge in [0.2, 0.25) is 0 Å². The molecule has 0 aliphatic carbocycles. The number of esters is 3. The van der Waals surface area contributed by atoms with Crippen molar-refractivity contribution in [1.82, 2.24) is 0 Å². The van der Waals surface area contributed by atoms with Gasteiger partial charge in [-0.15, -0.1) is 0 Å². The van der Waals surface area contributed by atoms with Gasteiger partial charge in [-0.1, -0.05) is 20.4 Å². The smallest absolute Gasteiger partial charge is 0.330 e. The van der Waals surface area contributed by atoms with Crippen LogP contribution >= 0.6 is 0 Å². The number of aliphatic hydroxyl groups is 1. The summed E-state index contributed by atoms with van der Waals surface area (Å²) in [7, 11) is 0. The van der Waals surface area contributed by atoms with Crippen molar-refractivity contribution in [3.8, 4) is 0 Å². The largest absolute Gasteiger partial charge is 0.465 e. The van der Waals surface area contributed by atoms with E-state index in [1.165, 1.54) is 0 Å². The zero-order valence-corrected chi connectivity index (χ0v) is 16.3. The molecule has 0 aliphatic heterocycles. The first-order chi connectivity index (χ1) is 12.9. The predicted molar refractivity (Wildman–Crippen MR) is 97.8 cm³/mol. The predicted octanol–water partition coefficient (Wildman–Crippen LogP) is 1.79. The molecule has 1 N–H and O–H groups in total. The van der Waals surface area contributed by atoms with Gasteiger partial charge in [-0.25, -0.2) is 4.79 Å². The number of unbranched alkanes of at least 4 members (excludes halogenated alkanes) is 2. The number of hydrogen-bond acceptors (Lipinski definition) is 8. The summed E-state index contributed by atoms with van der Waals surface area (Å²) < 4.78 is 19.9. The van der Waals surface area contributed by atoms with Crippen molar-refractivity contribution in [2.45, 2.75) is 52.1 Å².